The molecular formula is H3KN2O2S. The number of rotatable bonds is 1. The molecule has 6 heavy (non-hydrogen) atoms. The van der Waals surface area contributed by atoms with E-state index >= 15 is 0 Å². The first kappa shape index (κ1) is 10.4. The molecule has 0 fully saturated rings. The minimum absolute atomic E-state index is 0. The van der Waals surface area contributed by atoms with Gasteiger partial charge in [0, 0.05) is 0 Å². The van der Waals surface area contributed by atoms with Gasteiger partial charge < -0.3 is 0 Å². The van der Waals surface area contributed by atoms with Crippen LogP contribution in [0.2, 0.25) is 0 Å². The van der Waals surface area contributed by atoms with Crippen LogP contribution in [-0.2, 0) is 0 Å². The normalized spacial score (nSPS) is 6.17. The molecule has 0 saturated carbocycles. The third kappa shape index (κ3) is 9.02. The molecule has 0 amide bonds. The zero-order valence-electron chi connectivity index (χ0n) is 2.25. The van der Waals surface area contributed by atoms with E-state index in [0.29, 0.717) is 0 Å². The molecule has 6 heteroatoms. The van der Waals surface area contributed by atoms with Gasteiger partial charge in [-0.2, -0.15) is 0 Å². The molecule has 32 valence electrons. The van der Waals surface area contributed by atoms with Crippen molar-refractivity contribution < 1.29 is 4.33 Å². The van der Waals surface area contributed by atoms with Gasteiger partial charge in [0.15, 0.2) is 0 Å². The fourth-order valence-corrected chi connectivity index (χ4v) is 0. The Morgan fingerprint density at radius 2 is 2.00 bits per heavy atom. The average Bonchev–Trinajstić information content (AvgIpc) is 1.38. The Morgan fingerprint density at radius 3 is 2.00 bits per heavy atom. The van der Waals surface area contributed by atoms with E-state index in [1.54, 1.807) is 0 Å². The Morgan fingerprint density at radius 1 is 1.83 bits per heavy atom. The number of nitrogens with two attached hydrogens (primary N) is 1. The zero-order valence-corrected chi connectivity index (χ0v) is 3.07. The van der Waals surface area contributed by atoms with E-state index in [1.807, 2.05) is 0 Å². The second kappa shape index (κ2) is 6.35. The summed E-state index contributed by atoms with van der Waals surface area (Å²) in [6.45, 7) is 0. The topological polar surface area (TPSA) is 69.2 Å². The Bertz CT molecular complexity index is 46.8. The van der Waals surface area contributed by atoms with E-state index in [4.69, 9.17) is 10.1 Å². The first-order valence-corrected chi connectivity index (χ1v) is 1.62. The van der Waals surface area contributed by atoms with E-state index in [1.165, 1.54) is 0 Å². The molecule has 0 aliphatic carbocycles. The number of nitro groups is 1. The Kier molecular flexibility index (Phi) is 10.9. The van der Waals surface area contributed by atoms with Crippen LogP contribution in [0.4, 0.5) is 0 Å². The van der Waals surface area contributed by atoms with Crippen LogP contribution in [0.5, 0.6) is 0 Å². The third-order valence-corrected chi connectivity index (χ3v) is 0.258. The molecule has 0 aliphatic rings. The van der Waals surface area contributed by atoms with Crippen molar-refractivity contribution in [3.8, 4) is 0 Å². The summed E-state index contributed by atoms with van der Waals surface area (Å²) in [7, 11) is 0. The summed E-state index contributed by atoms with van der Waals surface area (Å²) in [5, 5.41) is 13.4. The van der Waals surface area contributed by atoms with Crippen LogP contribution >= 0.6 is 12.1 Å². The van der Waals surface area contributed by atoms with Gasteiger partial charge in [-0.1, -0.05) is 0 Å². The Balaban J connectivity index is 0. The summed E-state index contributed by atoms with van der Waals surface area (Å²) in [4.78, 5) is 9.01. The van der Waals surface area contributed by atoms with E-state index in [9.17, 15) is 0 Å². The summed E-state index contributed by atoms with van der Waals surface area (Å²) in [5.41, 5.74) is 0. The second-order valence-electron chi connectivity index (χ2n) is 0.329. The second-order valence-corrected chi connectivity index (χ2v) is 0.838. The van der Waals surface area contributed by atoms with Gasteiger partial charge in [0.05, 0.1) is 0 Å². The molecule has 0 heterocycles. The quantitative estimate of drug-likeness (QED) is 0.219. The van der Waals surface area contributed by atoms with Gasteiger partial charge in [-0.25, -0.2) is 15.3 Å². The summed E-state index contributed by atoms with van der Waals surface area (Å²) in [6.07, 6.45) is 0. The van der Waals surface area contributed by atoms with E-state index in [-0.39, 0.29) is 63.5 Å². The van der Waals surface area contributed by atoms with Crippen molar-refractivity contribution in [1.82, 2.24) is 0 Å². The summed E-state index contributed by atoms with van der Waals surface area (Å²) in [5.74, 6) is 0. The molecule has 0 unspecified atom stereocenters. The molecule has 0 rings (SSSR count). The van der Waals surface area contributed by atoms with Crippen molar-refractivity contribution in [2.75, 3.05) is 0 Å². The molecule has 0 saturated heterocycles. The first-order valence-electron chi connectivity index (χ1n) is 0.783. The number of hydrogen-bond acceptors (Lipinski definition) is 4. The summed E-state index contributed by atoms with van der Waals surface area (Å²) < 4.78 is -0.681. The predicted octanol–water partition coefficient (Wildman–Crippen LogP) is -0.864. The maximum absolute atomic E-state index is 9.01. The zero-order chi connectivity index (χ0) is 4.28. The van der Waals surface area contributed by atoms with Crippen molar-refractivity contribution in [3.05, 3.63) is 10.1 Å². The molecule has 0 aliphatic heterocycles. The Hall–Kier alpha value is 1.35. The van der Waals surface area contributed by atoms with Gasteiger partial charge in [0.2, 0.25) is 0 Å². The van der Waals surface area contributed by atoms with Gasteiger partial charge in [0.25, 0.3) is 0 Å². The van der Waals surface area contributed by atoms with Gasteiger partial charge in [0.1, 0.15) is 4.33 Å². The van der Waals surface area contributed by atoms with Crippen molar-refractivity contribution in [2.24, 2.45) is 5.14 Å². The van der Waals surface area contributed by atoms with Crippen molar-refractivity contribution >= 4 is 63.5 Å². The third-order valence-electron chi connectivity index (χ3n) is 0.0861. The van der Waals surface area contributed by atoms with Gasteiger partial charge >= 0.3 is 63.5 Å². The molecule has 2 N–H and O–H groups in total. The molecule has 0 atom stereocenters. The van der Waals surface area contributed by atoms with Crippen LogP contribution in [-0.4, -0.2) is 55.7 Å². The molecule has 0 bridgehead atoms. The monoisotopic (exact) mass is 134 g/mol. The standard InChI is InChI=1S/K.H2N2O2S.H/c;1-5-2(3)4;/h;1H2;. The van der Waals surface area contributed by atoms with Crippen LogP contribution in [0.3, 0.4) is 0 Å². The summed E-state index contributed by atoms with van der Waals surface area (Å²) >= 11 is 0.102. The van der Waals surface area contributed by atoms with Crippen LogP contribution in [0.15, 0.2) is 0 Å². The predicted molar refractivity (Wildman–Crippen MR) is 25.9 cm³/mol. The first-order chi connectivity index (χ1) is 2.27. The molecular weight excluding hydrogens is 131 g/mol. The average molecular weight is 134 g/mol. The van der Waals surface area contributed by atoms with Crippen molar-refractivity contribution in [2.45, 2.75) is 0 Å². The molecule has 0 spiro atoms. The maximum atomic E-state index is 9.01. The molecule has 0 aromatic heterocycles. The van der Waals surface area contributed by atoms with Crippen LogP contribution in [0.25, 0.3) is 0 Å². The SMILES string of the molecule is NS[N+](=O)[O-].[KH]. The van der Waals surface area contributed by atoms with Gasteiger partial charge in [-0.3, -0.25) is 0 Å². The van der Waals surface area contributed by atoms with Crippen LogP contribution < -0.4 is 5.14 Å². The molecule has 0 aromatic carbocycles. The van der Waals surface area contributed by atoms with E-state index < -0.39 is 4.33 Å². The minimum atomic E-state index is -0.681. The molecule has 4 nitrogen and oxygen atoms in total. The summed E-state index contributed by atoms with van der Waals surface area (Å²) in [6, 6.07) is 0. The molecule has 0 aromatic rings. The van der Waals surface area contributed by atoms with E-state index in [0.717, 1.165) is 0 Å². The number of nitrogens with zero attached hydrogens (tertiary/aromatic N) is 1. The van der Waals surface area contributed by atoms with Gasteiger partial charge in [-0.15, -0.1) is 0 Å². The van der Waals surface area contributed by atoms with E-state index in [2.05, 4.69) is 5.14 Å². The number of hydrogen-bond donors (Lipinski definition) is 1. The fraction of sp³-hybridized carbons (Fsp3) is 0. The van der Waals surface area contributed by atoms with Crippen LogP contribution in [0.1, 0.15) is 0 Å². The molecule has 0 radical (unpaired) electrons. The fourth-order valence-electron chi connectivity index (χ4n) is 0. The van der Waals surface area contributed by atoms with Crippen molar-refractivity contribution in [1.29, 1.82) is 0 Å². The Labute approximate surface area is 81.7 Å². The van der Waals surface area contributed by atoms with Gasteiger partial charge in [-0.05, 0) is 0 Å². The van der Waals surface area contributed by atoms with Crippen LogP contribution in [0, 0.1) is 10.1 Å². The van der Waals surface area contributed by atoms with Crippen molar-refractivity contribution in [3.63, 3.8) is 0 Å².